The van der Waals surface area contributed by atoms with Crippen molar-refractivity contribution in [1.29, 1.82) is 0 Å². The highest BCUT2D eigenvalue weighted by Crippen LogP contribution is 2.40. The number of carbonyl (C=O) groups is 2. The van der Waals surface area contributed by atoms with E-state index in [-0.39, 0.29) is 12.3 Å². The largest absolute Gasteiger partial charge is 0.481 e. The van der Waals surface area contributed by atoms with Crippen molar-refractivity contribution in [3.05, 3.63) is 22.6 Å². The van der Waals surface area contributed by atoms with Gasteiger partial charge in [0, 0.05) is 13.5 Å². The van der Waals surface area contributed by atoms with Gasteiger partial charge in [0.2, 0.25) is 5.91 Å². The monoisotopic (exact) mass is 357 g/mol. The summed E-state index contributed by atoms with van der Waals surface area (Å²) in [7, 11) is 1.68. The molecule has 0 bridgehead atoms. The fraction of sp³-hybridized carbons (Fsp3) is 0.600. The number of carboxylic acids is 1. The standard InChI is InChI=1S/C15H20BrNO4/c1-17(10-11-5-6-12(16)21-11)13(18)9-15(14(19)20)7-3-2-4-8-15/h5-6H,2-4,7-10H2,1H3,(H,19,20). The smallest absolute Gasteiger partial charge is 0.310 e. The van der Waals surface area contributed by atoms with Crippen molar-refractivity contribution < 1.29 is 19.1 Å². The van der Waals surface area contributed by atoms with Gasteiger partial charge in [0.1, 0.15) is 5.76 Å². The van der Waals surface area contributed by atoms with E-state index in [0.29, 0.717) is 29.8 Å². The summed E-state index contributed by atoms with van der Waals surface area (Å²) >= 11 is 3.22. The first-order valence-electron chi connectivity index (χ1n) is 7.14. The van der Waals surface area contributed by atoms with Crippen molar-refractivity contribution in [2.75, 3.05) is 7.05 Å². The normalized spacial score (nSPS) is 17.4. The molecule has 21 heavy (non-hydrogen) atoms. The minimum absolute atomic E-state index is 0.0702. The highest BCUT2D eigenvalue weighted by Gasteiger charge is 2.42. The Bertz CT molecular complexity index is 519. The summed E-state index contributed by atoms with van der Waals surface area (Å²) in [5, 5.41) is 9.52. The molecule has 1 heterocycles. The van der Waals surface area contributed by atoms with Gasteiger partial charge in [-0.25, -0.2) is 0 Å². The van der Waals surface area contributed by atoms with E-state index in [1.807, 2.05) is 0 Å². The highest BCUT2D eigenvalue weighted by atomic mass is 79.9. The molecule has 1 aromatic rings. The molecule has 1 aromatic heterocycles. The molecule has 0 spiro atoms. The predicted molar refractivity (Wildman–Crippen MR) is 80.7 cm³/mol. The van der Waals surface area contributed by atoms with Crippen LogP contribution < -0.4 is 0 Å². The zero-order valence-electron chi connectivity index (χ0n) is 12.1. The summed E-state index contributed by atoms with van der Waals surface area (Å²) in [6, 6.07) is 3.56. The minimum atomic E-state index is -0.882. The second-order valence-corrected chi connectivity index (χ2v) is 6.56. The number of carboxylic acid groups (broad SMARTS) is 1. The van der Waals surface area contributed by atoms with Gasteiger partial charge in [-0.3, -0.25) is 9.59 Å². The molecule has 1 saturated carbocycles. The molecule has 1 aliphatic carbocycles. The Balaban J connectivity index is 1.99. The fourth-order valence-corrected chi connectivity index (χ4v) is 3.22. The SMILES string of the molecule is CN(Cc1ccc(Br)o1)C(=O)CC1(C(=O)O)CCCCC1. The van der Waals surface area contributed by atoms with Crippen LogP contribution in [0.3, 0.4) is 0 Å². The quantitative estimate of drug-likeness (QED) is 0.876. The first-order chi connectivity index (χ1) is 9.93. The molecule has 1 N–H and O–H groups in total. The van der Waals surface area contributed by atoms with Crippen LogP contribution in [-0.2, 0) is 16.1 Å². The van der Waals surface area contributed by atoms with Crippen molar-refractivity contribution in [1.82, 2.24) is 4.90 Å². The lowest BCUT2D eigenvalue weighted by atomic mass is 9.71. The van der Waals surface area contributed by atoms with Gasteiger partial charge in [-0.05, 0) is 40.9 Å². The average molecular weight is 358 g/mol. The van der Waals surface area contributed by atoms with E-state index in [0.717, 1.165) is 19.3 Å². The van der Waals surface area contributed by atoms with Gasteiger partial charge < -0.3 is 14.4 Å². The van der Waals surface area contributed by atoms with Gasteiger partial charge in [-0.2, -0.15) is 0 Å². The molecule has 5 nitrogen and oxygen atoms in total. The van der Waals surface area contributed by atoms with E-state index in [1.54, 1.807) is 19.2 Å². The summed E-state index contributed by atoms with van der Waals surface area (Å²) in [4.78, 5) is 25.5. The first kappa shape index (κ1) is 16.1. The van der Waals surface area contributed by atoms with E-state index < -0.39 is 11.4 Å². The van der Waals surface area contributed by atoms with Crippen LogP contribution >= 0.6 is 15.9 Å². The van der Waals surface area contributed by atoms with Crippen LogP contribution in [0.4, 0.5) is 0 Å². The van der Waals surface area contributed by atoms with Crippen LogP contribution in [0.2, 0.25) is 0 Å². The number of nitrogens with zero attached hydrogens (tertiary/aromatic N) is 1. The number of rotatable bonds is 5. The van der Waals surface area contributed by atoms with Crippen molar-refractivity contribution in [3.8, 4) is 0 Å². The van der Waals surface area contributed by atoms with Gasteiger partial charge in [0.15, 0.2) is 4.67 Å². The van der Waals surface area contributed by atoms with E-state index in [2.05, 4.69) is 15.9 Å². The van der Waals surface area contributed by atoms with E-state index >= 15 is 0 Å². The number of aliphatic carboxylic acids is 1. The third-order valence-corrected chi connectivity index (χ3v) is 4.63. The molecule has 116 valence electrons. The van der Waals surface area contributed by atoms with Gasteiger partial charge in [-0.15, -0.1) is 0 Å². The molecule has 0 atom stereocenters. The summed E-state index contributed by atoms with van der Waals surface area (Å²) < 4.78 is 5.99. The molecule has 0 aromatic carbocycles. The van der Waals surface area contributed by atoms with Gasteiger partial charge in [0.05, 0.1) is 12.0 Å². The number of carbonyl (C=O) groups excluding carboxylic acids is 1. The molecule has 0 saturated heterocycles. The third-order valence-electron chi connectivity index (χ3n) is 4.20. The van der Waals surface area contributed by atoms with Crippen LogP contribution in [0.15, 0.2) is 21.2 Å². The summed E-state index contributed by atoms with van der Waals surface area (Å²) in [6.07, 6.45) is 4.07. The van der Waals surface area contributed by atoms with Crippen LogP contribution in [0.25, 0.3) is 0 Å². The molecule has 0 radical (unpaired) electrons. The molecule has 1 fully saturated rings. The molecular weight excluding hydrogens is 338 g/mol. The molecule has 6 heteroatoms. The number of hydrogen-bond donors (Lipinski definition) is 1. The molecule has 2 rings (SSSR count). The van der Waals surface area contributed by atoms with Crippen LogP contribution in [0, 0.1) is 5.41 Å². The molecule has 1 amide bonds. The summed E-state index contributed by atoms with van der Waals surface area (Å²) in [6.45, 7) is 0.347. The van der Waals surface area contributed by atoms with Crippen molar-refractivity contribution >= 4 is 27.8 Å². The lowest BCUT2D eigenvalue weighted by molar-refractivity contribution is -0.155. The van der Waals surface area contributed by atoms with Crippen LogP contribution in [0.5, 0.6) is 0 Å². The second-order valence-electron chi connectivity index (χ2n) is 5.78. The Hall–Kier alpha value is -1.30. The zero-order chi connectivity index (χ0) is 15.5. The molecule has 0 aliphatic heterocycles. The Morgan fingerprint density at radius 1 is 1.33 bits per heavy atom. The molecule has 0 unspecified atom stereocenters. The topological polar surface area (TPSA) is 70.8 Å². The van der Waals surface area contributed by atoms with Crippen LogP contribution in [0.1, 0.15) is 44.3 Å². The number of hydrogen-bond acceptors (Lipinski definition) is 3. The van der Waals surface area contributed by atoms with E-state index in [9.17, 15) is 14.7 Å². The summed E-state index contributed by atoms with van der Waals surface area (Å²) in [5.74, 6) is -0.317. The number of halogens is 1. The average Bonchev–Trinajstić information content (AvgIpc) is 2.85. The summed E-state index contributed by atoms with van der Waals surface area (Å²) in [5.41, 5.74) is -0.882. The van der Waals surface area contributed by atoms with Gasteiger partial charge in [-0.1, -0.05) is 19.3 Å². The minimum Gasteiger partial charge on any atom is -0.481 e. The number of furan rings is 1. The maximum absolute atomic E-state index is 12.3. The highest BCUT2D eigenvalue weighted by molar-refractivity contribution is 9.10. The van der Waals surface area contributed by atoms with Crippen LogP contribution in [-0.4, -0.2) is 28.9 Å². The second kappa shape index (κ2) is 6.64. The first-order valence-corrected chi connectivity index (χ1v) is 7.94. The van der Waals surface area contributed by atoms with Crippen molar-refractivity contribution in [2.24, 2.45) is 5.41 Å². The Morgan fingerprint density at radius 2 is 2.00 bits per heavy atom. The lowest BCUT2D eigenvalue weighted by Crippen LogP contribution is -2.39. The maximum Gasteiger partial charge on any atom is 0.310 e. The van der Waals surface area contributed by atoms with Crippen molar-refractivity contribution in [3.63, 3.8) is 0 Å². The Morgan fingerprint density at radius 3 is 2.52 bits per heavy atom. The maximum atomic E-state index is 12.3. The fourth-order valence-electron chi connectivity index (χ4n) is 2.88. The van der Waals surface area contributed by atoms with Gasteiger partial charge >= 0.3 is 5.97 Å². The van der Waals surface area contributed by atoms with E-state index in [4.69, 9.17) is 4.42 Å². The Labute approximate surface area is 132 Å². The Kier molecular flexibility index (Phi) is 5.08. The van der Waals surface area contributed by atoms with Crippen molar-refractivity contribution in [2.45, 2.75) is 45.1 Å². The molecular formula is C15H20BrNO4. The number of amides is 1. The lowest BCUT2D eigenvalue weighted by Gasteiger charge is -2.33. The van der Waals surface area contributed by atoms with E-state index in [1.165, 1.54) is 4.90 Å². The predicted octanol–water partition coefficient (Wildman–Crippen LogP) is 3.43. The van der Waals surface area contributed by atoms with Gasteiger partial charge in [0.25, 0.3) is 0 Å². The third kappa shape index (κ3) is 3.87. The molecule has 1 aliphatic rings. The zero-order valence-corrected chi connectivity index (χ0v) is 13.7.